The number of rotatable bonds is 4. The molecule has 0 saturated heterocycles. The molecule has 26 heavy (non-hydrogen) atoms. The van der Waals surface area contributed by atoms with Crippen LogP contribution in [0.25, 0.3) is 0 Å². The van der Waals surface area contributed by atoms with Crippen molar-refractivity contribution in [1.82, 2.24) is 0 Å². The average molecular weight is 391 g/mol. The van der Waals surface area contributed by atoms with E-state index in [2.05, 4.69) is 5.32 Å². The third-order valence-electron chi connectivity index (χ3n) is 3.91. The van der Waals surface area contributed by atoms with Crippen molar-refractivity contribution in [3.05, 3.63) is 63.3 Å². The Kier molecular flexibility index (Phi) is 4.94. The van der Waals surface area contributed by atoms with E-state index >= 15 is 0 Å². The van der Waals surface area contributed by atoms with Crippen molar-refractivity contribution < 1.29 is 14.3 Å². The van der Waals surface area contributed by atoms with E-state index in [1.807, 2.05) is 19.9 Å². The van der Waals surface area contributed by atoms with Gasteiger partial charge in [-0.1, -0.05) is 29.3 Å². The smallest absolute Gasteiger partial charge is 0.283 e. The van der Waals surface area contributed by atoms with Crippen LogP contribution in [-0.2, 0) is 9.59 Å². The second kappa shape index (κ2) is 7.02. The highest BCUT2D eigenvalue weighted by atomic mass is 35.5. The van der Waals surface area contributed by atoms with Gasteiger partial charge in [-0.25, -0.2) is 4.90 Å². The molecule has 0 saturated carbocycles. The third kappa shape index (κ3) is 3.28. The molecule has 2 amide bonds. The van der Waals surface area contributed by atoms with Gasteiger partial charge in [0, 0.05) is 5.02 Å². The standard InChI is InChI=1S/C19H16Cl2N2O3/c1-10-6-11(2)8-13(7-10)23-18(24)16(21)17(19(23)25)22-14-9-12(20)4-5-15(14)26-3/h4-9,22H,1-3H3. The zero-order chi connectivity index (χ0) is 19.0. The topological polar surface area (TPSA) is 58.6 Å². The van der Waals surface area contributed by atoms with Crippen LogP contribution in [0.5, 0.6) is 5.75 Å². The Bertz CT molecular complexity index is 934. The van der Waals surface area contributed by atoms with Crippen molar-refractivity contribution in [3.8, 4) is 5.75 Å². The molecule has 0 aliphatic carbocycles. The summed E-state index contributed by atoms with van der Waals surface area (Å²) in [7, 11) is 1.49. The van der Waals surface area contributed by atoms with Crippen LogP contribution in [0.3, 0.4) is 0 Å². The van der Waals surface area contributed by atoms with Crippen LogP contribution < -0.4 is 15.0 Å². The summed E-state index contributed by atoms with van der Waals surface area (Å²) in [5.41, 5.74) is 2.78. The van der Waals surface area contributed by atoms with Crippen LogP contribution in [0.1, 0.15) is 11.1 Å². The van der Waals surface area contributed by atoms with Crippen LogP contribution in [0.4, 0.5) is 11.4 Å². The number of hydrogen-bond donors (Lipinski definition) is 1. The minimum Gasteiger partial charge on any atom is -0.495 e. The molecule has 1 heterocycles. The highest BCUT2D eigenvalue weighted by Crippen LogP contribution is 2.34. The van der Waals surface area contributed by atoms with Gasteiger partial charge in [-0.2, -0.15) is 0 Å². The molecule has 0 aromatic heterocycles. The summed E-state index contributed by atoms with van der Waals surface area (Å²) >= 11 is 12.2. The van der Waals surface area contributed by atoms with Crippen LogP contribution in [0.15, 0.2) is 47.1 Å². The maximum Gasteiger partial charge on any atom is 0.283 e. The highest BCUT2D eigenvalue weighted by Gasteiger charge is 2.39. The second-order valence-corrected chi connectivity index (χ2v) is 6.76. The number of benzene rings is 2. The van der Waals surface area contributed by atoms with Gasteiger partial charge in [-0.15, -0.1) is 0 Å². The van der Waals surface area contributed by atoms with E-state index in [4.69, 9.17) is 27.9 Å². The summed E-state index contributed by atoms with van der Waals surface area (Å²) in [6.07, 6.45) is 0. The Hall–Kier alpha value is -2.50. The van der Waals surface area contributed by atoms with Gasteiger partial charge in [-0.05, 0) is 55.3 Å². The zero-order valence-corrected chi connectivity index (χ0v) is 15.9. The van der Waals surface area contributed by atoms with E-state index in [0.717, 1.165) is 16.0 Å². The number of nitrogens with one attached hydrogen (secondary N) is 1. The summed E-state index contributed by atoms with van der Waals surface area (Å²) in [6.45, 7) is 3.79. The molecule has 1 aliphatic heterocycles. The lowest BCUT2D eigenvalue weighted by Crippen LogP contribution is -2.32. The Morgan fingerprint density at radius 1 is 0.962 bits per heavy atom. The number of carbonyl (C=O) groups is 2. The summed E-state index contributed by atoms with van der Waals surface area (Å²) in [5.74, 6) is -0.645. The lowest BCUT2D eigenvalue weighted by atomic mass is 10.1. The maximum atomic E-state index is 12.9. The molecule has 0 unspecified atom stereocenters. The molecule has 0 radical (unpaired) electrons. The SMILES string of the molecule is COc1ccc(Cl)cc1NC1=C(Cl)C(=O)N(c2cc(C)cc(C)c2)C1=O. The fraction of sp³-hybridized carbons (Fsp3) is 0.158. The molecule has 134 valence electrons. The molecule has 3 rings (SSSR count). The largest absolute Gasteiger partial charge is 0.495 e. The summed E-state index contributed by atoms with van der Waals surface area (Å²) in [5, 5.41) is 3.15. The highest BCUT2D eigenvalue weighted by molar-refractivity contribution is 6.53. The number of methoxy groups -OCH3 is 1. The minimum atomic E-state index is -0.579. The average Bonchev–Trinajstić information content (AvgIpc) is 2.78. The molecule has 1 N–H and O–H groups in total. The molecule has 2 aromatic rings. The molecule has 0 spiro atoms. The first-order chi connectivity index (χ1) is 12.3. The first-order valence-electron chi connectivity index (χ1n) is 7.79. The van der Waals surface area contributed by atoms with Gasteiger partial charge in [0.1, 0.15) is 16.5 Å². The van der Waals surface area contributed by atoms with Crippen molar-refractivity contribution >= 4 is 46.4 Å². The van der Waals surface area contributed by atoms with E-state index in [1.165, 1.54) is 7.11 Å². The van der Waals surface area contributed by atoms with Gasteiger partial charge in [-0.3, -0.25) is 9.59 Å². The number of nitrogens with zero attached hydrogens (tertiary/aromatic N) is 1. The van der Waals surface area contributed by atoms with Crippen molar-refractivity contribution in [2.75, 3.05) is 17.3 Å². The van der Waals surface area contributed by atoms with E-state index in [9.17, 15) is 9.59 Å². The Morgan fingerprint density at radius 2 is 1.62 bits per heavy atom. The van der Waals surface area contributed by atoms with Crippen LogP contribution in [0.2, 0.25) is 5.02 Å². The molecule has 5 nitrogen and oxygen atoms in total. The van der Waals surface area contributed by atoms with Crippen LogP contribution in [-0.4, -0.2) is 18.9 Å². The third-order valence-corrected chi connectivity index (χ3v) is 4.50. The molecule has 0 atom stereocenters. The summed E-state index contributed by atoms with van der Waals surface area (Å²) in [6, 6.07) is 10.4. The van der Waals surface area contributed by atoms with Gasteiger partial charge in [0.05, 0.1) is 18.5 Å². The maximum absolute atomic E-state index is 12.9. The van der Waals surface area contributed by atoms with Crippen molar-refractivity contribution in [2.24, 2.45) is 0 Å². The fourth-order valence-corrected chi connectivity index (χ4v) is 3.22. The van der Waals surface area contributed by atoms with Crippen molar-refractivity contribution in [2.45, 2.75) is 13.8 Å². The quantitative estimate of drug-likeness (QED) is 0.785. The first kappa shape index (κ1) is 18.3. The normalized spacial score (nSPS) is 14.3. The number of imide groups is 1. The molecule has 1 aliphatic rings. The second-order valence-electron chi connectivity index (χ2n) is 5.95. The molecule has 0 bridgehead atoms. The Labute approximate surface area is 161 Å². The van der Waals surface area contributed by atoms with Crippen LogP contribution >= 0.6 is 23.2 Å². The molecule has 0 fully saturated rings. The lowest BCUT2D eigenvalue weighted by Gasteiger charge is -2.17. The van der Waals surface area contributed by atoms with Gasteiger partial charge in [0.15, 0.2) is 0 Å². The van der Waals surface area contributed by atoms with Crippen LogP contribution in [0, 0.1) is 13.8 Å². The molecular formula is C19H16Cl2N2O3. The zero-order valence-electron chi connectivity index (χ0n) is 14.4. The van der Waals surface area contributed by atoms with Gasteiger partial charge >= 0.3 is 0 Å². The van der Waals surface area contributed by atoms with Crippen molar-refractivity contribution in [1.29, 1.82) is 0 Å². The Balaban J connectivity index is 1.98. The summed E-state index contributed by atoms with van der Waals surface area (Å²) in [4.78, 5) is 26.5. The number of halogens is 2. The molecule has 2 aromatic carbocycles. The van der Waals surface area contributed by atoms with Crippen molar-refractivity contribution in [3.63, 3.8) is 0 Å². The van der Waals surface area contributed by atoms with E-state index in [0.29, 0.717) is 22.1 Å². The van der Waals surface area contributed by atoms with E-state index in [1.54, 1.807) is 30.3 Å². The fourth-order valence-electron chi connectivity index (χ4n) is 2.84. The minimum absolute atomic E-state index is 0.0172. The first-order valence-corrected chi connectivity index (χ1v) is 8.55. The number of carbonyl (C=O) groups excluding carboxylic acids is 2. The van der Waals surface area contributed by atoms with Gasteiger partial charge in [0.25, 0.3) is 11.8 Å². The molecular weight excluding hydrogens is 375 g/mol. The number of ether oxygens (including phenoxy) is 1. The summed E-state index contributed by atoms with van der Waals surface area (Å²) < 4.78 is 5.25. The Morgan fingerprint density at radius 3 is 2.23 bits per heavy atom. The lowest BCUT2D eigenvalue weighted by molar-refractivity contribution is -0.120. The predicted octanol–water partition coefficient (Wildman–Crippen LogP) is 4.40. The predicted molar refractivity (Wildman–Crippen MR) is 103 cm³/mol. The van der Waals surface area contributed by atoms with Gasteiger partial charge < -0.3 is 10.1 Å². The van der Waals surface area contributed by atoms with Gasteiger partial charge in [0.2, 0.25) is 0 Å². The number of aryl methyl sites for hydroxylation is 2. The number of hydrogen-bond acceptors (Lipinski definition) is 4. The van der Waals surface area contributed by atoms with E-state index in [-0.39, 0.29) is 10.7 Å². The van der Waals surface area contributed by atoms with E-state index < -0.39 is 11.8 Å². The number of anilines is 2. The molecule has 7 heteroatoms. The number of amides is 2. The monoisotopic (exact) mass is 390 g/mol.